The van der Waals surface area contributed by atoms with E-state index in [0.29, 0.717) is 5.56 Å². The molecule has 0 saturated carbocycles. The number of anilines is 2. The highest BCUT2D eigenvalue weighted by Gasteiger charge is 2.12. The van der Waals surface area contributed by atoms with E-state index in [4.69, 9.17) is 0 Å². The molecule has 1 heterocycles. The summed E-state index contributed by atoms with van der Waals surface area (Å²) in [5.41, 5.74) is 5.22. The van der Waals surface area contributed by atoms with Crippen LogP contribution in [0.1, 0.15) is 27.3 Å². The number of amides is 1. The van der Waals surface area contributed by atoms with Gasteiger partial charge in [-0.05, 0) is 67.3 Å². The molecule has 0 spiro atoms. The molecule has 0 atom stereocenters. The first-order valence-electron chi connectivity index (χ1n) is 10.4. The number of nitrogens with one attached hydrogen (secondary N) is 1. The zero-order chi connectivity index (χ0) is 21.8. The van der Waals surface area contributed by atoms with Crippen molar-refractivity contribution in [1.82, 2.24) is 15.3 Å². The van der Waals surface area contributed by atoms with E-state index in [1.807, 2.05) is 56.4 Å². The fourth-order valence-electron chi connectivity index (χ4n) is 3.69. The van der Waals surface area contributed by atoms with Gasteiger partial charge in [0.1, 0.15) is 11.6 Å². The molecule has 1 amide bonds. The van der Waals surface area contributed by atoms with Gasteiger partial charge >= 0.3 is 0 Å². The Morgan fingerprint density at radius 2 is 1.48 bits per heavy atom. The molecule has 31 heavy (non-hydrogen) atoms. The number of hydrogen-bond donors (Lipinski definition) is 1. The highest BCUT2D eigenvalue weighted by atomic mass is 16.1. The first-order valence-corrected chi connectivity index (χ1v) is 10.4. The smallest absolute Gasteiger partial charge is 0.251 e. The van der Waals surface area contributed by atoms with Crippen LogP contribution in [-0.2, 0) is 12.8 Å². The molecule has 0 aliphatic rings. The molecule has 0 bridgehead atoms. The number of hydrogen-bond acceptors (Lipinski definition) is 4. The number of fused-ring (bicyclic) bond motifs is 1. The molecular formula is C26H26N4O. The Morgan fingerprint density at radius 3 is 2.13 bits per heavy atom. The number of carbonyl (C=O) groups excluding carboxylic acids is 1. The number of aryl methyl sites for hydroxylation is 3. The Balaban J connectivity index is 1.47. The fourth-order valence-corrected chi connectivity index (χ4v) is 3.69. The average Bonchev–Trinajstić information content (AvgIpc) is 2.82. The summed E-state index contributed by atoms with van der Waals surface area (Å²) in [6.45, 7) is 1.92. The summed E-state index contributed by atoms with van der Waals surface area (Å²) in [6, 6.07) is 24.5. The number of carbonyl (C=O) groups is 1. The van der Waals surface area contributed by atoms with E-state index in [1.54, 1.807) is 7.05 Å². The third kappa shape index (κ3) is 4.56. The van der Waals surface area contributed by atoms with E-state index in [1.165, 1.54) is 11.1 Å². The van der Waals surface area contributed by atoms with Crippen LogP contribution in [0.4, 0.5) is 11.5 Å². The first-order chi connectivity index (χ1) is 15.0. The Morgan fingerprint density at radius 1 is 0.871 bits per heavy atom. The number of rotatable bonds is 6. The number of aromatic nitrogens is 2. The molecule has 4 aromatic rings. The van der Waals surface area contributed by atoms with Crippen LogP contribution >= 0.6 is 0 Å². The van der Waals surface area contributed by atoms with E-state index in [0.717, 1.165) is 41.1 Å². The zero-order valence-corrected chi connectivity index (χ0v) is 18.1. The second-order valence-electron chi connectivity index (χ2n) is 7.61. The third-order valence-electron chi connectivity index (χ3n) is 5.48. The molecule has 0 radical (unpaired) electrons. The van der Waals surface area contributed by atoms with Crippen LogP contribution in [-0.4, -0.2) is 30.0 Å². The lowest BCUT2D eigenvalue weighted by Gasteiger charge is -2.20. The van der Waals surface area contributed by atoms with Gasteiger partial charge in [0, 0.05) is 30.7 Å². The molecular weight excluding hydrogens is 384 g/mol. The molecule has 3 aromatic carbocycles. The molecule has 5 heteroatoms. The maximum Gasteiger partial charge on any atom is 0.251 e. The van der Waals surface area contributed by atoms with Gasteiger partial charge in [0.2, 0.25) is 0 Å². The van der Waals surface area contributed by atoms with Crippen LogP contribution in [0.5, 0.6) is 0 Å². The summed E-state index contributed by atoms with van der Waals surface area (Å²) in [5, 5.41) is 3.69. The van der Waals surface area contributed by atoms with E-state index < -0.39 is 0 Å². The van der Waals surface area contributed by atoms with E-state index in [2.05, 4.69) is 50.5 Å². The van der Waals surface area contributed by atoms with Gasteiger partial charge in [-0.3, -0.25) is 4.79 Å². The molecule has 0 saturated heterocycles. The molecule has 4 rings (SSSR count). The molecule has 156 valence electrons. The van der Waals surface area contributed by atoms with Crippen LogP contribution in [0.3, 0.4) is 0 Å². The lowest BCUT2D eigenvalue weighted by atomic mass is 10.0. The Hall–Kier alpha value is -3.73. The minimum absolute atomic E-state index is 0.0575. The van der Waals surface area contributed by atoms with E-state index in [-0.39, 0.29) is 5.91 Å². The predicted molar refractivity (Wildman–Crippen MR) is 126 cm³/mol. The zero-order valence-electron chi connectivity index (χ0n) is 18.1. The molecule has 0 aliphatic carbocycles. The summed E-state index contributed by atoms with van der Waals surface area (Å²) < 4.78 is 0. The first kappa shape index (κ1) is 20.5. The molecule has 1 N–H and O–H groups in total. The monoisotopic (exact) mass is 410 g/mol. The third-order valence-corrected chi connectivity index (χ3v) is 5.48. The second kappa shape index (κ2) is 8.96. The molecule has 5 nitrogen and oxygen atoms in total. The van der Waals surface area contributed by atoms with Gasteiger partial charge in [-0.15, -0.1) is 0 Å². The summed E-state index contributed by atoms with van der Waals surface area (Å²) in [4.78, 5) is 23.0. The van der Waals surface area contributed by atoms with Crippen molar-refractivity contribution >= 4 is 28.3 Å². The van der Waals surface area contributed by atoms with Gasteiger partial charge in [-0.1, -0.05) is 36.4 Å². The summed E-state index contributed by atoms with van der Waals surface area (Å²) in [6.07, 6.45) is 1.87. The van der Waals surface area contributed by atoms with Gasteiger partial charge in [0.15, 0.2) is 0 Å². The molecule has 0 aliphatic heterocycles. The second-order valence-corrected chi connectivity index (χ2v) is 7.61. The SMILES string of the molecule is CNC(=O)c1ccc(CCc2ccc(N(C)c3nc(C)nc4ccccc34)cc2)cc1. The maximum absolute atomic E-state index is 11.7. The van der Waals surface area contributed by atoms with Crippen molar-refractivity contribution in [3.8, 4) is 0 Å². The Kier molecular flexibility index (Phi) is 5.94. The number of benzene rings is 3. The summed E-state index contributed by atoms with van der Waals surface area (Å²) in [7, 11) is 3.68. The van der Waals surface area contributed by atoms with Crippen LogP contribution in [0.15, 0.2) is 72.8 Å². The van der Waals surface area contributed by atoms with Gasteiger partial charge in [0.05, 0.1) is 5.52 Å². The van der Waals surface area contributed by atoms with Crippen LogP contribution in [0.25, 0.3) is 10.9 Å². The Bertz CT molecular complexity index is 1200. The normalized spacial score (nSPS) is 10.8. The van der Waals surface area contributed by atoms with E-state index in [9.17, 15) is 4.79 Å². The number of para-hydroxylation sites is 1. The molecule has 0 unspecified atom stereocenters. The van der Waals surface area contributed by atoms with Crippen molar-refractivity contribution in [2.75, 3.05) is 19.0 Å². The van der Waals surface area contributed by atoms with Crippen molar-refractivity contribution in [3.05, 3.63) is 95.3 Å². The predicted octanol–water partition coefficient (Wildman–Crippen LogP) is 4.85. The minimum atomic E-state index is -0.0575. The highest BCUT2D eigenvalue weighted by molar-refractivity contribution is 5.94. The molecule has 1 aromatic heterocycles. The highest BCUT2D eigenvalue weighted by Crippen LogP contribution is 2.29. The Labute approximate surface area is 182 Å². The average molecular weight is 411 g/mol. The standard InChI is InChI=1S/C26H26N4O/c1-18-28-24-7-5-4-6-23(24)25(29-18)30(3)22-16-12-20(13-17-22)9-8-19-10-14-21(15-11-19)26(31)27-2/h4-7,10-17H,8-9H2,1-3H3,(H,27,31). The van der Waals surface area contributed by atoms with Crippen molar-refractivity contribution in [2.24, 2.45) is 0 Å². The van der Waals surface area contributed by atoms with Gasteiger partial charge < -0.3 is 10.2 Å². The van der Waals surface area contributed by atoms with Crippen LogP contribution < -0.4 is 10.2 Å². The fraction of sp³-hybridized carbons (Fsp3) is 0.192. The van der Waals surface area contributed by atoms with Gasteiger partial charge in [-0.2, -0.15) is 0 Å². The van der Waals surface area contributed by atoms with Gasteiger partial charge in [-0.25, -0.2) is 9.97 Å². The minimum Gasteiger partial charge on any atom is -0.355 e. The van der Waals surface area contributed by atoms with Gasteiger partial charge in [0.25, 0.3) is 5.91 Å². The largest absolute Gasteiger partial charge is 0.355 e. The van der Waals surface area contributed by atoms with Crippen molar-refractivity contribution in [2.45, 2.75) is 19.8 Å². The van der Waals surface area contributed by atoms with E-state index >= 15 is 0 Å². The van der Waals surface area contributed by atoms with Crippen molar-refractivity contribution < 1.29 is 4.79 Å². The number of nitrogens with zero attached hydrogens (tertiary/aromatic N) is 3. The van der Waals surface area contributed by atoms with Crippen molar-refractivity contribution in [1.29, 1.82) is 0 Å². The van der Waals surface area contributed by atoms with Crippen LogP contribution in [0, 0.1) is 6.92 Å². The van der Waals surface area contributed by atoms with Crippen molar-refractivity contribution in [3.63, 3.8) is 0 Å². The lowest BCUT2D eigenvalue weighted by molar-refractivity contribution is 0.0963. The van der Waals surface area contributed by atoms with Crippen LogP contribution in [0.2, 0.25) is 0 Å². The summed E-state index contributed by atoms with van der Waals surface area (Å²) in [5.74, 6) is 1.62. The molecule has 0 fully saturated rings. The topological polar surface area (TPSA) is 58.1 Å². The maximum atomic E-state index is 11.7. The summed E-state index contributed by atoms with van der Waals surface area (Å²) >= 11 is 0. The lowest BCUT2D eigenvalue weighted by Crippen LogP contribution is -2.17. The quantitative estimate of drug-likeness (QED) is 0.494.